The summed E-state index contributed by atoms with van der Waals surface area (Å²) in [5, 5.41) is 2.74. The van der Waals surface area contributed by atoms with Crippen LogP contribution in [-0.4, -0.2) is 78.4 Å². The molecule has 0 spiro atoms. The standard InChI is InChI=1S/C25H36N4O4/c1-27(17-19-6-5-15-28-14-4-3-7-22(19)28)23(30)13-12-21-24(31)29(25(32)26-21)16-18-8-10-20(33-2)11-9-18/h8-11,19,21-22H,3-7,12-17H2,1-2H3,(H,26,32)/t19-,21-,22-/m1/s1. The van der Waals surface area contributed by atoms with E-state index in [4.69, 9.17) is 4.74 Å². The van der Waals surface area contributed by atoms with Crippen LogP contribution in [0, 0.1) is 5.92 Å². The summed E-state index contributed by atoms with van der Waals surface area (Å²) in [4.78, 5) is 43.6. The first-order valence-corrected chi connectivity index (χ1v) is 12.2. The molecule has 8 nitrogen and oxygen atoms in total. The lowest BCUT2D eigenvalue weighted by Crippen LogP contribution is -2.51. The Kier molecular flexibility index (Phi) is 7.53. The molecule has 4 rings (SSSR count). The summed E-state index contributed by atoms with van der Waals surface area (Å²) in [5.41, 5.74) is 0.847. The molecule has 3 atom stereocenters. The van der Waals surface area contributed by atoms with Gasteiger partial charge in [0, 0.05) is 26.1 Å². The number of fused-ring (bicyclic) bond motifs is 1. The number of benzene rings is 1. The molecule has 0 saturated carbocycles. The number of amides is 4. The van der Waals surface area contributed by atoms with E-state index in [1.54, 1.807) is 19.2 Å². The Labute approximate surface area is 196 Å². The minimum Gasteiger partial charge on any atom is -0.497 e. The molecule has 0 aromatic heterocycles. The number of hydrogen-bond donors (Lipinski definition) is 1. The van der Waals surface area contributed by atoms with Gasteiger partial charge < -0.3 is 19.9 Å². The molecule has 3 aliphatic heterocycles. The largest absolute Gasteiger partial charge is 0.497 e. The van der Waals surface area contributed by atoms with E-state index in [9.17, 15) is 14.4 Å². The van der Waals surface area contributed by atoms with Crippen molar-refractivity contribution in [1.29, 1.82) is 0 Å². The Balaban J connectivity index is 1.26. The molecule has 3 heterocycles. The van der Waals surface area contributed by atoms with E-state index < -0.39 is 12.1 Å². The van der Waals surface area contributed by atoms with Gasteiger partial charge in [0.1, 0.15) is 11.8 Å². The van der Waals surface area contributed by atoms with Gasteiger partial charge in [-0.1, -0.05) is 18.6 Å². The SMILES string of the molecule is COc1ccc(CN2C(=O)N[C@H](CCC(=O)N(C)C[C@H]3CCCN4CCCC[C@H]34)C2=O)cc1. The fourth-order valence-corrected chi connectivity index (χ4v) is 5.54. The quantitative estimate of drug-likeness (QED) is 0.608. The van der Waals surface area contributed by atoms with Gasteiger partial charge in [-0.15, -0.1) is 0 Å². The summed E-state index contributed by atoms with van der Waals surface area (Å²) in [6.45, 7) is 3.36. The second-order valence-corrected chi connectivity index (χ2v) is 9.59. The third-order valence-corrected chi connectivity index (χ3v) is 7.42. The van der Waals surface area contributed by atoms with Crippen LogP contribution in [0.2, 0.25) is 0 Å². The average molecular weight is 457 g/mol. The van der Waals surface area contributed by atoms with Crippen LogP contribution < -0.4 is 10.1 Å². The van der Waals surface area contributed by atoms with Gasteiger partial charge in [0.25, 0.3) is 5.91 Å². The third kappa shape index (κ3) is 5.49. The fraction of sp³-hybridized carbons (Fsp3) is 0.640. The van der Waals surface area contributed by atoms with Crippen LogP contribution in [0.1, 0.15) is 50.5 Å². The van der Waals surface area contributed by atoms with E-state index in [2.05, 4.69) is 10.2 Å². The maximum atomic E-state index is 12.8. The maximum Gasteiger partial charge on any atom is 0.325 e. The number of nitrogens with zero attached hydrogens (tertiary/aromatic N) is 3. The van der Waals surface area contributed by atoms with Crippen molar-refractivity contribution < 1.29 is 19.1 Å². The number of methoxy groups -OCH3 is 1. The summed E-state index contributed by atoms with van der Waals surface area (Å²) in [6, 6.07) is 6.84. The summed E-state index contributed by atoms with van der Waals surface area (Å²) < 4.78 is 5.15. The first kappa shape index (κ1) is 23.5. The topological polar surface area (TPSA) is 82.2 Å². The lowest BCUT2D eigenvalue weighted by atomic mass is 9.83. The van der Waals surface area contributed by atoms with E-state index in [-0.39, 0.29) is 24.8 Å². The number of rotatable bonds is 8. The lowest BCUT2D eigenvalue weighted by molar-refractivity contribution is -0.132. The molecule has 0 aliphatic carbocycles. The van der Waals surface area contributed by atoms with E-state index in [0.717, 1.165) is 17.9 Å². The van der Waals surface area contributed by atoms with Gasteiger partial charge >= 0.3 is 6.03 Å². The van der Waals surface area contributed by atoms with Crippen LogP contribution in [0.3, 0.4) is 0 Å². The number of urea groups is 1. The molecule has 180 valence electrons. The van der Waals surface area contributed by atoms with Gasteiger partial charge in [0.05, 0.1) is 13.7 Å². The highest BCUT2D eigenvalue weighted by Gasteiger charge is 2.38. The highest BCUT2D eigenvalue weighted by Crippen LogP contribution is 2.31. The van der Waals surface area contributed by atoms with Crippen molar-refractivity contribution in [2.45, 2.75) is 63.6 Å². The number of carbonyl (C=O) groups excluding carboxylic acids is 3. The van der Waals surface area contributed by atoms with Gasteiger partial charge in [-0.3, -0.25) is 14.5 Å². The van der Waals surface area contributed by atoms with Gasteiger partial charge in [0.15, 0.2) is 0 Å². The number of nitrogens with one attached hydrogen (secondary N) is 1. The molecule has 3 saturated heterocycles. The molecule has 1 aromatic rings. The van der Waals surface area contributed by atoms with Gasteiger partial charge in [-0.25, -0.2) is 4.79 Å². The van der Waals surface area contributed by atoms with Crippen molar-refractivity contribution in [3.63, 3.8) is 0 Å². The Hall–Kier alpha value is -2.61. The van der Waals surface area contributed by atoms with Gasteiger partial charge in [0.2, 0.25) is 5.91 Å². The number of piperidine rings is 2. The highest BCUT2D eigenvalue weighted by molar-refractivity contribution is 6.04. The molecule has 1 N–H and O–H groups in total. The van der Waals surface area contributed by atoms with Crippen LogP contribution in [0.25, 0.3) is 0 Å². The second kappa shape index (κ2) is 10.5. The first-order valence-electron chi connectivity index (χ1n) is 12.2. The zero-order valence-electron chi connectivity index (χ0n) is 19.8. The van der Waals surface area contributed by atoms with Gasteiger partial charge in [-0.05, 0) is 68.8 Å². The van der Waals surface area contributed by atoms with Crippen LogP contribution in [0.5, 0.6) is 5.75 Å². The molecule has 3 aliphatic rings. The molecule has 33 heavy (non-hydrogen) atoms. The second-order valence-electron chi connectivity index (χ2n) is 9.59. The van der Waals surface area contributed by atoms with Crippen molar-refractivity contribution in [3.05, 3.63) is 29.8 Å². The minimum absolute atomic E-state index is 0.0404. The molecule has 4 amide bonds. The van der Waals surface area contributed by atoms with E-state index in [0.29, 0.717) is 18.4 Å². The first-order chi connectivity index (χ1) is 16.0. The van der Waals surface area contributed by atoms with Crippen LogP contribution in [-0.2, 0) is 16.1 Å². The Bertz CT molecular complexity index is 856. The Morgan fingerprint density at radius 1 is 1.12 bits per heavy atom. The summed E-state index contributed by atoms with van der Waals surface area (Å²) in [7, 11) is 3.46. The maximum absolute atomic E-state index is 12.8. The molecular formula is C25H36N4O4. The van der Waals surface area contributed by atoms with E-state index >= 15 is 0 Å². The number of ether oxygens (including phenoxy) is 1. The molecular weight excluding hydrogens is 420 g/mol. The van der Waals surface area contributed by atoms with Crippen LogP contribution in [0.4, 0.5) is 4.79 Å². The highest BCUT2D eigenvalue weighted by atomic mass is 16.5. The normalized spacial score (nSPS) is 25.5. The molecule has 8 heteroatoms. The number of imide groups is 1. The smallest absolute Gasteiger partial charge is 0.325 e. The number of hydrogen-bond acceptors (Lipinski definition) is 5. The fourth-order valence-electron chi connectivity index (χ4n) is 5.54. The molecule has 1 aromatic carbocycles. The van der Waals surface area contributed by atoms with Crippen molar-refractivity contribution in [2.75, 3.05) is 33.8 Å². The van der Waals surface area contributed by atoms with Crippen molar-refractivity contribution >= 4 is 17.8 Å². The zero-order valence-corrected chi connectivity index (χ0v) is 19.8. The van der Waals surface area contributed by atoms with Crippen molar-refractivity contribution in [3.8, 4) is 5.75 Å². The monoisotopic (exact) mass is 456 g/mol. The van der Waals surface area contributed by atoms with Crippen LogP contribution >= 0.6 is 0 Å². The minimum atomic E-state index is -0.642. The summed E-state index contributed by atoms with van der Waals surface area (Å²) >= 11 is 0. The van der Waals surface area contributed by atoms with Gasteiger partial charge in [-0.2, -0.15) is 0 Å². The van der Waals surface area contributed by atoms with Crippen molar-refractivity contribution in [1.82, 2.24) is 20.0 Å². The van der Waals surface area contributed by atoms with Crippen LogP contribution in [0.15, 0.2) is 24.3 Å². The Morgan fingerprint density at radius 3 is 2.64 bits per heavy atom. The summed E-state index contributed by atoms with van der Waals surface area (Å²) in [5.74, 6) is 1.02. The van der Waals surface area contributed by atoms with E-state index in [1.165, 1.54) is 50.1 Å². The molecule has 0 radical (unpaired) electrons. The number of carbonyl (C=O) groups is 3. The molecule has 0 unspecified atom stereocenters. The molecule has 3 fully saturated rings. The predicted octanol–water partition coefficient (Wildman–Crippen LogP) is 2.62. The zero-order chi connectivity index (χ0) is 23.4. The predicted molar refractivity (Wildman–Crippen MR) is 125 cm³/mol. The average Bonchev–Trinajstić information content (AvgIpc) is 3.10. The molecule has 0 bridgehead atoms. The Morgan fingerprint density at radius 2 is 1.88 bits per heavy atom. The third-order valence-electron chi connectivity index (χ3n) is 7.42. The van der Waals surface area contributed by atoms with Crippen molar-refractivity contribution in [2.24, 2.45) is 5.92 Å². The lowest BCUT2D eigenvalue weighted by Gasteiger charge is -2.45. The van der Waals surface area contributed by atoms with E-state index in [1.807, 2.05) is 24.1 Å². The summed E-state index contributed by atoms with van der Waals surface area (Å²) in [6.07, 6.45) is 6.77.